The molecule has 0 aliphatic heterocycles. The fourth-order valence-electron chi connectivity index (χ4n) is 2.89. The molecule has 0 saturated carbocycles. The lowest BCUT2D eigenvalue weighted by Crippen LogP contribution is -2.24. The smallest absolute Gasteiger partial charge is 0.262 e. The second-order valence-electron chi connectivity index (χ2n) is 6.54. The molecule has 29 heavy (non-hydrogen) atoms. The molecule has 7 heteroatoms. The topological polar surface area (TPSA) is 81.4 Å². The summed E-state index contributed by atoms with van der Waals surface area (Å²) >= 11 is 1.33. The van der Waals surface area contributed by atoms with Gasteiger partial charge in [-0.15, -0.1) is 0 Å². The van der Waals surface area contributed by atoms with Crippen LogP contribution in [0.2, 0.25) is 0 Å². The van der Waals surface area contributed by atoms with Crippen LogP contribution in [-0.4, -0.2) is 38.9 Å². The molecule has 1 heterocycles. The molecule has 0 radical (unpaired) electrons. The Kier molecular flexibility index (Phi) is 7.06. The summed E-state index contributed by atoms with van der Waals surface area (Å²) in [5.74, 6) is 1.02. The molecule has 3 aromatic rings. The Hall–Kier alpha value is -2.64. The van der Waals surface area contributed by atoms with Crippen molar-refractivity contribution in [2.45, 2.75) is 38.1 Å². The number of benzene rings is 2. The van der Waals surface area contributed by atoms with E-state index in [0.717, 1.165) is 0 Å². The summed E-state index contributed by atoms with van der Waals surface area (Å²) in [6, 6.07) is 14.2. The lowest BCUT2D eigenvalue weighted by Gasteiger charge is -2.14. The zero-order chi connectivity index (χ0) is 20.8. The van der Waals surface area contributed by atoms with Crippen molar-refractivity contribution in [2.24, 2.45) is 0 Å². The quantitative estimate of drug-likeness (QED) is 0.329. The number of Topliss-reactive ketones (excluding diaryl/α,β-unsaturated/α-hetero) is 1. The Morgan fingerprint density at radius 3 is 2.59 bits per heavy atom. The number of hydrogen-bond donors (Lipinski definition) is 1. The zero-order valence-electron chi connectivity index (χ0n) is 16.5. The average molecular weight is 413 g/mol. The van der Waals surface area contributed by atoms with Gasteiger partial charge >= 0.3 is 0 Å². The zero-order valence-corrected chi connectivity index (χ0v) is 17.3. The van der Waals surface area contributed by atoms with Crippen LogP contribution < -0.4 is 10.3 Å². The lowest BCUT2D eigenvalue weighted by atomic mass is 10.1. The molecule has 3 rings (SSSR count). The summed E-state index contributed by atoms with van der Waals surface area (Å²) in [5.41, 5.74) is 1.22. The maximum Gasteiger partial charge on any atom is 0.262 e. The number of para-hydroxylation sites is 1. The summed E-state index contributed by atoms with van der Waals surface area (Å²) in [5, 5.41) is 11.5. The van der Waals surface area contributed by atoms with Crippen molar-refractivity contribution < 1.29 is 14.6 Å². The van der Waals surface area contributed by atoms with Crippen LogP contribution in [0.1, 0.15) is 30.6 Å². The van der Waals surface area contributed by atoms with Crippen LogP contribution in [-0.2, 0) is 6.54 Å². The second kappa shape index (κ2) is 9.71. The van der Waals surface area contributed by atoms with Crippen molar-refractivity contribution in [3.8, 4) is 5.75 Å². The minimum Gasteiger partial charge on any atom is -0.491 e. The van der Waals surface area contributed by atoms with Crippen LogP contribution in [0.4, 0.5) is 0 Å². The number of aliphatic hydroxyl groups is 1. The average Bonchev–Trinajstić information content (AvgIpc) is 2.76. The van der Waals surface area contributed by atoms with E-state index in [9.17, 15) is 14.7 Å². The highest BCUT2D eigenvalue weighted by atomic mass is 32.2. The maximum absolute atomic E-state index is 12.6. The number of nitrogens with zero attached hydrogens (tertiary/aromatic N) is 2. The fourth-order valence-corrected chi connectivity index (χ4v) is 3.86. The van der Waals surface area contributed by atoms with E-state index in [1.54, 1.807) is 34.9 Å². The van der Waals surface area contributed by atoms with Gasteiger partial charge in [0, 0.05) is 24.3 Å². The Morgan fingerprint density at radius 2 is 1.90 bits per heavy atom. The van der Waals surface area contributed by atoms with Crippen LogP contribution in [0.25, 0.3) is 10.9 Å². The number of fused-ring (bicyclic) bond motifs is 1. The third kappa shape index (κ3) is 5.05. The van der Waals surface area contributed by atoms with Gasteiger partial charge in [-0.25, -0.2) is 4.98 Å². The molecule has 0 fully saturated rings. The minimum absolute atomic E-state index is 0.0759. The Labute approximate surface area is 173 Å². The number of ether oxygens (including phenoxy) is 1. The summed E-state index contributed by atoms with van der Waals surface area (Å²) in [7, 11) is 0. The van der Waals surface area contributed by atoms with Gasteiger partial charge in [0.1, 0.15) is 12.4 Å². The minimum atomic E-state index is -0.731. The summed E-state index contributed by atoms with van der Waals surface area (Å²) in [6.07, 6.45) is -0.271. The Morgan fingerprint density at radius 1 is 1.17 bits per heavy atom. The van der Waals surface area contributed by atoms with E-state index >= 15 is 0 Å². The number of rotatable bonds is 9. The lowest BCUT2D eigenvalue weighted by molar-refractivity contribution is 0.0987. The molecular weight excluding hydrogens is 388 g/mol. The fraction of sp³-hybridized carbons (Fsp3) is 0.318. The molecule has 1 N–H and O–H groups in total. The predicted octanol–water partition coefficient (Wildman–Crippen LogP) is 3.54. The molecule has 0 saturated heterocycles. The van der Waals surface area contributed by atoms with Crippen molar-refractivity contribution >= 4 is 28.4 Å². The molecule has 0 unspecified atom stereocenters. The summed E-state index contributed by atoms with van der Waals surface area (Å²) in [4.78, 5) is 28.9. The number of thioether (sulfide) groups is 1. The van der Waals surface area contributed by atoms with Crippen molar-refractivity contribution in [2.75, 3.05) is 12.4 Å². The number of aromatic nitrogens is 2. The SMILES string of the molecule is CCC(=O)c1ccc(OC[C@H](O)CSc2nc3ccccc3c(=O)n2CC)cc1. The highest BCUT2D eigenvalue weighted by Gasteiger charge is 2.13. The number of hydrogen-bond acceptors (Lipinski definition) is 6. The van der Waals surface area contributed by atoms with Gasteiger partial charge in [0.2, 0.25) is 0 Å². The highest BCUT2D eigenvalue weighted by molar-refractivity contribution is 7.99. The first-order valence-electron chi connectivity index (χ1n) is 9.60. The Bertz CT molecular complexity index is 1050. The number of carbonyl (C=O) groups is 1. The van der Waals surface area contributed by atoms with Gasteiger partial charge in [-0.3, -0.25) is 14.2 Å². The normalized spacial score (nSPS) is 12.1. The molecular formula is C22H24N2O4S. The summed E-state index contributed by atoms with van der Waals surface area (Å²) < 4.78 is 7.23. The van der Waals surface area contributed by atoms with Gasteiger partial charge in [-0.05, 0) is 43.3 Å². The molecule has 152 valence electrons. The van der Waals surface area contributed by atoms with E-state index in [2.05, 4.69) is 4.98 Å². The van der Waals surface area contributed by atoms with E-state index in [1.165, 1.54) is 11.8 Å². The second-order valence-corrected chi connectivity index (χ2v) is 7.53. The third-order valence-electron chi connectivity index (χ3n) is 4.49. The Balaban J connectivity index is 1.61. The molecule has 0 spiro atoms. The predicted molar refractivity (Wildman–Crippen MR) is 115 cm³/mol. The van der Waals surface area contributed by atoms with Crippen LogP contribution in [0.15, 0.2) is 58.5 Å². The first-order valence-corrected chi connectivity index (χ1v) is 10.6. The number of aliphatic hydroxyl groups excluding tert-OH is 1. The molecule has 0 bridgehead atoms. The molecule has 1 aromatic heterocycles. The maximum atomic E-state index is 12.6. The van der Waals surface area contributed by atoms with Crippen LogP contribution in [0.5, 0.6) is 5.75 Å². The van der Waals surface area contributed by atoms with Crippen LogP contribution in [0, 0.1) is 0 Å². The molecule has 1 atom stereocenters. The van der Waals surface area contributed by atoms with Gasteiger partial charge in [0.15, 0.2) is 10.9 Å². The molecule has 2 aromatic carbocycles. The van der Waals surface area contributed by atoms with Crippen LogP contribution >= 0.6 is 11.8 Å². The molecule has 6 nitrogen and oxygen atoms in total. The summed E-state index contributed by atoms with van der Waals surface area (Å²) in [6.45, 7) is 4.34. The molecule has 0 aliphatic carbocycles. The highest BCUT2D eigenvalue weighted by Crippen LogP contribution is 2.19. The van der Waals surface area contributed by atoms with Crippen LogP contribution in [0.3, 0.4) is 0 Å². The van der Waals surface area contributed by atoms with Crippen molar-refractivity contribution in [3.63, 3.8) is 0 Å². The van der Waals surface area contributed by atoms with Gasteiger partial charge in [-0.1, -0.05) is 30.8 Å². The molecule has 0 aliphatic rings. The standard InChI is InChI=1S/C22H24N2O4S/c1-3-20(26)15-9-11-17(12-10-15)28-13-16(25)14-29-22-23-19-8-6-5-7-18(19)21(27)24(22)4-2/h5-12,16,25H,3-4,13-14H2,1-2H3/t16-/m0/s1. The van der Waals surface area contributed by atoms with Crippen molar-refractivity contribution in [3.05, 3.63) is 64.4 Å². The monoisotopic (exact) mass is 412 g/mol. The van der Waals surface area contributed by atoms with Crippen molar-refractivity contribution in [1.29, 1.82) is 0 Å². The van der Waals surface area contributed by atoms with Gasteiger partial charge in [0.05, 0.1) is 17.0 Å². The van der Waals surface area contributed by atoms with Gasteiger partial charge in [0.25, 0.3) is 5.56 Å². The van der Waals surface area contributed by atoms with Gasteiger partial charge in [-0.2, -0.15) is 0 Å². The first kappa shape index (κ1) is 21.1. The third-order valence-corrected chi connectivity index (χ3v) is 5.61. The van der Waals surface area contributed by atoms with E-state index in [1.807, 2.05) is 32.0 Å². The van der Waals surface area contributed by atoms with Gasteiger partial charge < -0.3 is 9.84 Å². The van der Waals surface area contributed by atoms with E-state index in [0.29, 0.717) is 46.1 Å². The van der Waals surface area contributed by atoms with E-state index < -0.39 is 6.10 Å². The molecule has 0 amide bonds. The van der Waals surface area contributed by atoms with Crippen molar-refractivity contribution in [1.82, 2.24) is 9.55 Å². The number of ketones is 1. The first-order chi connectivity index (χ1) is 14.0. The largest absolute Gasteiger partial charge is 0.491 e. The van der Waals surface area contributed by atoms with E-state index in [4.69, 9.17) is 4.74 Å². The number of carbonyl (C=O) groups excluding carboxylic acids is 1. The van der Waals surface area contributed by atoms with E-state index in [-0.39, 0.29) is 17.9 Å².